The summed E-state index contributed by atoms with van der Waals surface area (Å²) in [6.07, 6.45) is 1.64. The van der Waals surface area contributed by atoms with Gasteiger partial charge < -0.3 is 15.1 Å². The van der Waals surface area contributed by atoms with Crippen LogP contribution in [0, 0.1) is 12.7 Å². The average molecular weight is 366 g/mol. The molecule has 0 saturated carbocycles. The summed E-state index contributed by atoms with van der Waals surface area (Å²) >= 11 is 0. The van der Waals surface area contributed by atoms with E-state index in [1.54, 1.807) is 12.3 Å². The van der Waals surface area contributed by atoms with Gasteiger partial charge >= 0.3 is 0 Å². The van der Waals surface area contributed by atoms with Crippen LogP contribution in [0.25, 0.3) is 11.5 Å². The Kier molecular flexibility index (Phi) is 6.20. The van der Waals surface area contributed by atoms with Gasteiger partial charge in [0, 0.05) is 12.1 Å². The van der Waals surface area contributed by atoms with E-state index in [0.717, 1.165) is 23.4 Å². The fourth-order valence-corrected chi connectivity index (χ4v) is 2.54. The summed E-state index contributed by atoms with van der Waals surface area (Å²) in [6, 6.07) is 14.5. The first-order valence-electron chi connectivity index (χ1n) is 8.92. The van der Waals surface area contributed by atoms with E-state index in [1.807, 2.05) is 44.2 Å². The van der Waals surface area contributed by atoms with E-state index in [9.17, 15) is 4.39 Å². The second-order valence-electron chi connectivity index (χ2n) is 6.19. The van der Waals surface area contributed by atoms with Crippen molar-refractivity contribution >= 4 is 5.96 Å². The van der Waals surface area contributed by atoms with Crippen LogP contribution in [0.4, 0.5) is 4.39 Å². The van der Waals surface area contributed by atoms with Gasteiger partial charge in [0.2, 0.25) is 5.89 Å². The van der Waals surface area contributed by atoms with Gasteiger partial charge in [-0.15, -0.1) is 0 Å². The topological polar surface area (TPSA) is 62.5 Å². The van der Waals surface area contributed by atoms with Crippen molar-refractivity contribution in [2.75, 3.05) is 6.54 Å². The Morgan fingerprint density at radius 3 is 2.70 bits per heavy atom. The molecule has 6 heteroatoms. The van der Waals surface area contributed by atoms with Crippen molar-refractivity contribution in [3.05, 3.63) is 77.4 Å². The van der Waals surface area contributed by atoms with Crippen molar-refractivity contribution in [1.82, 2.24) is 15.6 Å². The van der Waals surface area contributed by atoms with Gasteiger partial charge in [-0.25, -0.2) is 14.4 Å². The fraction of sp³-hybridized carbons (Fsp3) is 0.238. The number of aryl methyl sites for hydroxylation is 1. The standard InChI is InChI=1S/C21H23FN4O/c1-3-23-21(24-12-16-5-4-6-18(22)11-16)25-13-19-14-27-20(26-19)17-9-7-15(2)8-10-17/h4-11,14H,3,12-13H2,1-2H3,(H2,23,24,25). The third kappa shape index (κ3) is 5.41. The second-order valence-corrected chi connectivity index (χ2v) is 6.19. The molecule has 0 radical (unpaired) electrons. The lowest BCUT2D eigenvalue weighted by atomic mass is 10.1. The number of rotatable bonds is 6. The summed E-state index contributed by atoms with van der Waals surface area (Å²) in [5.74, 6) is 0.974. The highest BCUT2D eigenvalue weighted by molar-refractivity contribution is 5.79. The van der Waals surface area contributed by atoms with Crippen LogP contribution in [0.3, 0.4) is 0 Å². The molecule has 0 aliphatic carbocycles. The molecule has 2 aromatic carbocycles. The molecule has 0 aliphatic rings. The maximum absolute atomic E-state index is 13.3. The van der Waals surface area contributed by atoms with Crippen LogP contribution < -0.4 is 10.6 Å². The first kappa shape index (κ1) is 18.6. The molecule has 0 saturated heterocycles. The molecule has 0 amide bonds. The summed E-state index contributed by atoms with van der Waals surface area (Å²) in [7, 11) is 0. The molecule has 2 N–H and O–H groups in total. The van der Waals surface area contributed by atoms with Crippen molar-refractivity contribution < 1.29 is 8.81 Å². The van der Waals surface area contributed by atoms with Gasteiger partial charge in [-0.3, -0.25) is 0 Å². The lowest BCUT2D eigenvalue weighted by Gasteiger charge is -2.10. The lowest BCUT2D eigenvalue weighted by molar-refractivity contribution is 0.572. The van der Waals surface area contributed by atoms with Crippen LogP contribution in [-0.4, -0.2) is 17.5 Å². The molecule has 0 fully saturated rings. The maximum Gasteiger partial charge on any atom is 0.226 e. The smallest absolute Gasteiger partial charge is 0.226 e. The monoisotopic (exact) mass is 366 g/mol. The van der Waals surface area contributed by atoms with E-state index in [-0.39, 0.29) is 5.82 Å². The van der Waals surface area contributed by atoms with Crippen molar-refractivity contribution in [2.24, 2.45) is 4.99 Å². The molecule has 0 aliphatic heterocycles. The second kappa shape index (κ2) is 8.98. The van der Waals surface area contributed by atoms with Crippen LogP contribution in [0.15, 0.2) is 64.2 Å². The minimum absolute atomic E-state index is 0.258. The van der Waals surface area contributed by atoms with E-state index < -0.39 is 0 Å². The number of benzene rings is 2. The molecule has 0 bridgehead atoms. The number of guanidine groups is 1. The highest BCUT2D eigenvalue weighted by Gasteiger charge is 2.07. The van der Waals surface area contributed by atoms with E-state index in [0.29, 0.717) is 24.9 Å². The minimum Gasteiger partial charge on any atom is -0.444 e. The fourth-order valence-electron chi connectivity index (χ4n) is 2.54. The molecular weight excluding hydrogens is 343 g/mol. The normalized spacial score (nSPS) is 11.4. The van der Waals surface area contributed by atoms with Gasteiger partial charge in [-0.05, 0) is 43.7 Å². The average Bonchev–Trinajstić information content (AvgIpc) is 3.14. The lowest BCUT2D eigenvalue weighted by Crippen LogP contribution is -2.36. The zero-order chi connectivity index (χ0) is 19.1. The van der Waals surface area contributed by atoms with Crippen molar-refractivity contribution in [3.8, 4) is 11.5 Å². The van der Waals surface area contributed by atoms with Crippen LogP contribution in [0.1, 0.15) is 23.7 Å². The molecule has 1 heterocycles. The molecule has 0 unspecified atom stereocenters. The van der Waals surface area contributed by atoms with Gasteiger partial charge in [0.1, 0.15) is 12.1 Å². The third-order valence-electron chi connectivity index (χ3n) is 3.94. The predicted octanol–water partition coefficient (Wildman–Crippen LogP) is 4.04. The summed E-state index contributed by atoms with van der Waals surface area (Å²) in [5.41, 5.74) is 3.73. The molecule has 27 heavy (non-hydrogen) atoms. The number of aliphatic imine (C=N–C) groups is 1. The van der Waals surface area contributed by atoms with E-state index in [2.05, 4.69) is 20.6 Å². The largest absolute Gasteiger partial charge is 0.444 e. The van der Waals surface area contributed by atoms with Crippen LogP contribution in [0.2, 0.25) is 0 Å². The number of halogens is 1. The Labute approximate surface area is 158 Å². The SMILES string of the molecule is CCNC(=NCc1cccc(F)c1)NCc1coc(-c2ccc(C)cc2)n1. The number of aromatic nitrogens is 1. The molecule has 5 nitrogen and oxygen atoms in total. The Hall–Kier alpha value is -3.15. The first-order chi connectivity index (χ1) is 13.1. The van der Waals surface area contributed by atoms with Crippen molar-refractivity contribution in [2.45, 2.75) is 26.9 Å². The summed E-state index contributed by atoms with van der Waals surface area (Å²) in [5, 5.41) is 6.39. The Balaban J connectivity index is 1.62. The van der Waals surface area contributed by atoms with Gasteiger partial charge in [0.15, 0.2) is 5.96 Å². The molecule has 3 rings (SSSR count). The van der Waals surface area contributed by atoms with Crippen molar-refractivity contribution in [1.29, 1.82) is 0 Å². The Morgan fingerprint density at radius 1 is 1.15 bits per heavy atom. The quantitative estimate of drug-likeness (QED) is 0.510. The molecule has 140 valence electrons. The highest BCUT2D eigenvalue weighted by atomic mass is 19.1. The minimum atomic E-state index is -0.258. The third-order valence-corrected chi connectivity index (χ3v) is 3.94. The van der Waals surface area contributed by atoms with Gasteiger partial charge in [0.25, 0.3) is 0 Å². The van der Waals surface area contributed by atoms with E-state index in [4.69, 9.17) is 4.42 Å². The molecule has 1 aromatic heterocycles. The van der Waals surface area contributed by atoms with Crippen molar-refractivity contribution in [3.63, 3.8) is 0 Å². The number of hydrogen-bond acceptors (Lipinski definition) is 3. The summed E-state index contributed by atoms with van der Waals surface area (Å²) in [6.45, 7) is 5.62. The molecular formula is C21H23FN4O. The number of nitrogens with zero attached hydrogens (tertiary/aromatic N) is 2. The zero-order valence-electron chi connectivity index (χ0n) is 15.5. The van der Waals surface area contributed by atoms with Crippen LogP contribution in [-0.2, 0) is 13.1 Å². The number of oxazole rings is 1. The van der Waals surface area contributed by atoms with Gasteiger partial charge in [0.05, 0.1) is 18.8 Å². The number of nitrogens with one attached hydrogen (secondary N) is 2. The molecule has 3 aromatic rings. The highest BCUT2D eigenvalue weighted by Crippen LogP contribution is 2.19. The molecule has 0 atom stereocenters. The van der Waals surface area contributed by atoms with Gasteiger partial charge in [-0.1, -0.05) is 29.8 Å². The van der Waals surface area contributed by atoms with Crippen LogP contribution in [0.5, 0.6) is 0 Å². The first-order valence-corrected chi connectivity index (χ1v) is 8.92. The Morgan fingerprint density at radius 2 is 1.96 bits per heavy atom. The molecule has 0 spiro atoms. The van der Waals surface area contributed by atoms with E-state index >= 15 is 0 Å². The van der Waals surface area contributed by atoms with E-state index in [1.165, 1.54) is 17.7 Å². The number of hydrogen-bond donors (Lipinski definition) is 2. The van der Waals surface area contributed by atoms with Gasteiger partial charge in [-0.2, -0.15) is 0 Å². The zero-order valence-corrected chi connectivity index (χ0v) is 15.5. The maximum atomic E-state index is 13.3. The van der Waals surface area contributed by atoms with Crippen LogP contribution >= 0.6 is 0 Å². The summed E-state index contributed by atoms with van der Waals surface area (Å²) < 4.78 is 18.8. The Bertz CT molecular complexity index is 903. The predicted molar refractivity (Wildman–Crippen MR) is 105 cm³/mol. The summed E-state index contributed by atoms with van der Waals surface area (Å²) in [4.78, 5) is 8.99.